The zero-order valence-electron chi connectivity index (χ0n) is 12.5. The number of rotatable bonds is 4. The van der Waals surface area contributed by atoms with Crippen LogP contribution < -0.4 is 5.32 Å². The lowest BCUT2D eigenvalue weighted by Gasteiger charge is -2.17. The van der Waals surface area contributed by atoms with E-state index in [-0.39, 0.29) is 6.61 Å². The van der Waals surface area contributed by atoms with Crippen LogP contribution in [0.15, 0.2) is 36.4 Å². The Morgan fingerprint density at radius 1 is 1.23 bits per heavy atom. The molecule has 3 nitrogen and oxygen atoms in total. The number of nitrogens with one attached hydrogen (secondary N) is 1. The summed E-state index contributed by atoms with van der Waals surface area (Å²) in [6, 6.07) is 12.8. The lowest BCUT2D eigenvalue weighted by molar-refractivity contribution is 0.285. The summed E-state index contributed by atoms with van der Waals surface area (Å²) >= 11 is 1.74. The van der Waals surface area contributed by atoms with E-state index in [1.54, 1.807) is 11.3 Å². The number of fused-ring (bicyclic) bond motifs is 3. The van der Waals surface area contributed by atoms with Crippen molar-refractivity contribution in [1.29, 1.82) is 0 Å². The molecular weight excluding hydrogens is 292 g/mol. The third kappa shape index (κ3) is 2.37. The van der Waals surface area contributed by atoms with Gasteiger partial charge in [-0.3, -0.25) is 0 Å². The van der Waals surface area contributed by atoms with Gasteiger partial charge in [0.05, 0.1) is 6.61 Å². The van der Waals surface area contributed by atoms with Crippen LogP contribution in [0.2, 0.25) is 0 Å². The van der Waals surface area contributed by atoms with Crippen LogP contribution >= 0.6 is 11.3 Å². The molecule has 0 atom stereocenters. The first-order valence-corrected chi connectivity index (χ1v) is 8.66. The molecule has 0 unspecified atom stereocenters. The minimum Gasteiger partial charge on any atom is -0.391 e. The maximum Gasteiger partial charge on any atom is 0.103 e. The van der Waals surface area contributed by atoms with Gasteiger partial charge in [-0.05, 0) is 23.6 Å². The highest BCUT2D eigenvalue weighted by atomic mass is 32.1. The largest absolute Gasteiger partial charge is 0.391 e. The Labute approximate surface area is 134 Å². The van der Waals surface area contributed by atoms with E-state index in [1.165, 1.54) is 27.0 Å². The monoisotopic (exact) mass is 312 g/mol. The quantitative estimate of drug-likeness (QED) is 0.777. The number of aliphatic hydroxyl groups is 1. The van der Waals surface area contributed by atoms with E-state index in [2.05, 4.69) is 46.3 Å². The molecule has 3 heterocycles. The summed E-state index contributed by atoms with van der Waals surface area (Å²) in [5, 5.41) is 14.3. The van der Waals surface area contributed by atoms with Gasteiger partial charge in [-0.25, -0.2) is 0 Å². The molecule has 114 valence electrons. The number of aliphatic hydroxyl groups excluding tert-OH is 1. The number of thiophene rings is 1. The van der Waals surface area contributed by atoms with Crippen LogP contribution in [0.25, 0.3) is 10.2 Å². The minimum atomic E-state index is 0.139. The molecule has 0 saturated carbocycles. The van der Waals surface area contributed by atoms with Crippen LogP contribution in [0.1, 0.15) is 21.7 Å². The molecule has 1 aliphatic rings. The van der Waals surface area contributed by atoms with E-state index in [9.17, 15) is 5.11 Å². The van der Waals surface area contributed by atoms with Crippen LogP contribution in [-0.2, 0) is 32.5 Å². The number of nitrogens with zero attached hydrogens (tertiary/aromatic N) is 1. The molecule has 0 amide bonds. The van der Waals surface area contributed by atoms with E-state index < -0.39 is 0 Å². The third-order valence-electron chi connectivity index (χ3n) is 4.47. The molecule has 22 heavy (non-hydrogen) atoms. The number of hydrogen-bond acceptors (Lipinski definition) is 3. The molecule has 0 saturated heterocycles. The fourth-order valence-corrected chi connectivity index (χ4v) is 4.49. The highest BCUT2D eigenvalue weighted by Gasteiger charge is 2.21. The van der Waals surface area contributed by atoms with Gasteiger partial charge in [0.15, 0.2) is 0 Å². The van der Waals surface area contributed by atoms with E-state index in [1.807, 2.05) is 0 Å². The third-order valence-corrected chi connectivity index (χ3v) is 5.61. The second kappa shape index (κ2) is 5.88. The minimum absolute atomic E-state index is 0.139. The predicted molar refractivity (Wildman–Crippen MR) is 91.3 cm³/mol. The maximum atomic E-state index is 9.45. The van der Waals surface area contributed by atoms with Gasteiger partial charge >= 0.3 is 0 Å². The summed E-state index contributed by atoms with van der Waals surface area (Å²) in [4.78, 5) is 2.39. The highest BCUT2D eigenvalue weighted by Crippen LogP contribution is 2.35. The van der Waals surface area contributed by atoms with Gasteiger partial charge in [-0.15, -0.1) is 11.3 Å². The van der Waals surface area contributed by atoms with Crippen LogP contribution in [-0.4, -0.2) is 16.2 Å². The smallest absolute Gasteiger partial charge is 0.103 e. The van der Waals surface area contributed by atoms with Gasteiger partial charge in [0.25, 0.3) is 0 Å². The molecule has 0 fully saturated rings. The molecule has 0 radical (unpaired) electrons. The SMILES string of the molecule is OCc1cc2c3c(n(CCc4ccccc4)c2s1)CCNC3. The van der Waals surface area contributed by atoms with Crippen molar-refractivity contribution >= 4 is 21.6 Å². The lowest BCUT2D eigenvalue weighted by atomic mass is 10.1. The maximum absolute atomic E-state index is 9.45. The molecule has 1 aliphatic heterocycles. The highest BCUT2D eigenvalue weighted by molar-refractivity contribution is 7.18. The Bertz CT molecular complexity index is 788. The van der Waals surface area contributed by atoms with Gasteiger partial charge in [0, 0.05) is 42.0 Å². The van der Waals surface area contributed by atoms with E-state index in [4.69, 9.17) is 0 Å². The first-order chi connectivity index (χ1) is 10.9. The average Bonchev–Trinajstić information content (AvgIpc) is 3.11. The average molecular weight is 312 g/mol. The molecule has 4 heteroatoms. The van der Waals surface area contributed by atoms with Crippen molar-refractivity contribution in [3.8, 4) is 0 Å². The van der Waals surface area contributed by atoms with Gasteiger partial charge in [0.2, 0.25) is 0 Å². The zero-order valence-corrected chi connectivity index (χ0v) is 13.3. The van der Waals surface area contributed by atoms with Crippen molar-refractivity contribution in [1.82, 2.24) is 9.88 Å². The fourth-order valence-electron chi connectivity index (χ4n) is 3.39. The second-order valence-corrected chi connectivity index (χ2v) is 6.94. The molecule has 4 rings (SSSR count). The Kier molecular flexibility index (Phi) is 3.74. The van der Waals surface area contributed by atoms with Crippen molar-refractivity contribution in [3.05, 3.63) is 58.1 Å². The molecular formula is C18H20N2OS. The Morgan fingerprint density at radius 2 is 2.09 bits per heavy atom. The standard InChI is InChI=1S/C18H20N2OS/c21-12-14-10-15-16-11-19-8-6-17(16)20(18(15)22-14)9-7-13-4-2-1-3-5-13/h1-5,10,19,21H,6-9,11-12H2. The first kappa shape index (κ1) is 14.0. The zero-order chi connectivity index (χ0) is 14.9. The normalized spacial score (nSPS) is 14.4. The van der Waals surface area contributed by atoms with Crippen LogP contribution in [0.5, 0.6) is 0 Å². The summed E-state index contributed by atoms with van der Waals surface area (Å²) in [6.45, 7) is 3.16. The van der Waals surface area contributed by atoms with Gasteiger partial charge < -0.3 is 15.0 Å². The number of hydrogen-bond donors (Lipinski definition) is 2. The molecule has 1 aromatic carbocycles. The number of aromatic nitrogens is 1. The van der Waals surface area contributed by atoms with Crippen LogP contribution in [0.3, 0.4) is 0 Å². The number of benzene rings is 1. The summed E-state index contributed by atoms with van der Waals surface area (Å²) in [5.41, 5.74) is 4.30. The predicted octanol–water partition coefficient (Wildman–Crippen LogP) is 3.08. The van der Waals surface area contributed by atoms with Gasteiger partial charge in [-0.1, -0.05) is 30.3 Å². The van der Waals surface area contributed by atoms with E-state index in [0.717, 1.165) is 37.4 Å². The van der Waals surface area contributed by atoms with Gasteiger partial charge in [-0.2, -0.15) is 0 Å². The van der Waals surface area contributed by atoms with Crippen LogP contribution in [0.4, 0.5) is 0 Å². The van der Waals surface area contributed by atoms with Crippen molar-refractivity contribution in [2.24, 2.45) is 0 Å². The second-order valence-electron chi connectivity index (χ2n) is 5.83. The Morgan fingerprint density at radius 3 is 2.91 bits per heavy atom. The van der Waals surface area contributed by atoms with E-state index in [0.29, 0.717) is 0 Å². The summed E-state index contributed by atoms with van der Waals surface area (Å²) < 4.78 is 2.49. The van der Waals surface area contributed by atoms with E-state index >= 15 is 0 Å². The van der Waals surface area contributed by atoms with Crippen LogP contribution in [0, 0.1) is 0 Å². The molecule has 0 aliphatic carbocycles. The van der Waals surface area contributed by atoms with Crippen molar-refractivity contribution in [2.45, 2.75) is 32.5 Å². The Balaban J connectivity index is 1.73. The van der Waals surface area contributed by atoms with Crippen molar-refractivity contribution in [3.63, 3.8) is 0 Å². The fraction of sp³-hybridized carbons (Fsp3) is 0.333. The summed E-state index contributed by atoms with van der Waals surface area (Å²) in [6.07, 6.45) is 2.15. The van der Waals surface area contributed by atoms with Crippen molar-refractivity contribution < 1.29 is 5.11 Å². The van der Waals surface area contributed by atoms with Crippen molar-refractivity contribution in [2.75, 3.05) is 6.54 Å². The molecule has 2 aromatic heterocycles. The first-order valence-electron chi connectivity index (χ1n) is 7.85. The molecule has 3 aromatic rings. The Hall–Kier alpha value is -1.62. The number of aryl methyl sites for hydroxylation is 2. The summed E-state index contributed by atoms with van der Waals surface area (Å²) in [5.74, 6) is 0. The lowest BCUT2D eigenvalue weighted by Crippen LogP contribution is -2.25. The topological polar surface area (TPSA) is 37.2 Å². The molecule has 2 N–H and O–H groups in total. The molecule has 0 bridgehead atoms. The van der Waals surface area contributed by atoms with Gasteiger partial charge in [0.1, 0.15) is 4.83 Å². The summed E-state index contributed by atoms with van der Waals surface area (Å²) in [7, 11) is 0. The molecule has 0 spiro atoms.